The molecule has 1 N–H and O–H groups in total. The Morgan fingerprint density at radius 1 is 1.00 bits per heavy atom. The van der Waals surface area contributed by atoms with E-state index in [1.54, 1.807) is 22.9 Å². The number of benzene rings is 3. The lowest BCUT2D eigenvalue weighted by molar-refractivity contribution is -0.0429. The summed E-state index contributed by atoms with van der Waals surface area (Å²) in [5, 5.41) is 3.94. The van der Waals surface area contributed by atoms with Crippen LogP contribution in [-0.4, -0.2) is 18.9 Å². The van der Waals surface area contributed by atoms with Gasteiger partial charge in [0, 0.05) is 22.0 Å². The van der Waals surface area contributed by atoms with Crippen molar-refractivity contribution in [3.8, 4) is 16.3 Å². The number of alkyl halides is 3. The van der Waals surface area contributed by atoms with Crippen molar-refractivity contribution in [3.63, 3.8) is 0 Å². The normalized spacial score (nSPS) is 12.1. The van der Waals surface area contributed by atoms with E-state index in [2.05, 4.69) is 4.98 Å². The predicted molar refractivity (Wildman–Crippen MR) is 114 cm³/mol. The van der Waals surface area contributed by atoms with Crippen LogP contribution in [0.2, 0.25) is 0 Å². The molecule has 3 aromatic carbocycles. The molecule has 0 saturated carbocycles. The van der Waals surface area contributed by atoms with Crippen LogP contribution < -0.4 is 9.46 Å². The van der Waals surface area contributed by atoms with Gasteiger partial charge in [0.1, 0.15) is 17.4 Å². The lowest BCUT2D eigenvalue weighted by Crippen LogP contribution is -2.29. The topological polar surface area (TPSA) is 68.3 Å². The fraction of sp³-hybridized carbons (Fsp3) is 0.0952. The van der Waals surface area contributed by atoms with Crippen molar-refractivity contribution in [2.45, 2.75) is 12.1 Å². The second kappa shape index (κ2) is 8.20. The van der Waals surface area contributed by atoms with E-state index in [9.17, 15) is 21.6 Å². The SMILES string of the molecule is O=S(=O)(Nc1ccc2c(OCc3csc(-c4ccccc4)n3)cccc2c1)C(F)(F)F. The highest BCUT2D eigenvalue weighted by molar-refractivity contribution is 7.93. The molecule has 0 bridgehead atoms. The summed E-state index contributed by atoms with van der Waals surface area (Å²) in [7, 11) is -5.48. The molecule has 0 radical (unpaired) electrons. The molecule has 160 valence electrons. The molecule has 0 fully saturated rings. The number of thiazole rings is 1. The number of nitrogens with zero attached hydrogens (tertiary/aromatic N) is 1. The third kappa shape index (κ3) is 4.64. The Kier molecular flexibility index (Phi) is 5.59. The van der Waals surface area contributed by atoms with E-state index in [1.807, 2.05) is 35.7 Å². The molecule has 1 aromatic heterocycles. The Morgan fingerprint density at radius 2 is 1.77 bits per heavy atom. The van der Waals surface area contributed by atoms with Gasteiger partial charge in [-0.25, -0.2) is 4.98 Å². The van der Waals surface area contributed by atoms with Crippen LogP contribution >= 0.6 is 11.3 Å². The van der Waals surface area contributed by atoms with Crippen molar-refractivity contribution in [2.24, 2.45) is 0 Å². The van der Waals surface area contributed by atoms with Crippen molar-refractivity contribution in [1.29, 1.82) is 0 Å². The van der Waals surface area contributed by atoms with Crippen LogP contribution in [0.4, 0.5) is 18.9 Å². The number of rotatable bonds is 6. The monoisotopic (exact) mass is 464 g/mol. The minimum Gasteiger partial charge on any atom is -0.487 e. The van der Waals surface area contributed by atoms with Crippen LogP contribution in [0.3, 0.4) is 0 Å². The number of aromatic nitrogens is 1. The third-order valence-corrected chi connectivity index (χ3v) is 6.40. The number of hydrogen-bond donors (Lipinski definition) is 1. The number of anilines is 1. The van der Waals surface area contributed by atoms with Crippen LogP contribution in [0.15, 0.2) is 72.1 Å². The minimum absolute atomic E-state index is 0.186. The van der Waals surface area contributed by atoms with E-state index >= 15 is 0 Å². The lowest BCUT2D eigenvalue weighted by atomic mass is 10.1. The minimum atomic E-state index is -5.48. The van der Waals surface area contributed by atoms with Gasteiger partial charge in [-0.2, -0.15) is 21.6 Å². The molecule has 0 aliphatic carbocycles. The number of hydrogen-bond acceptors (Lipinski definition) is 5. The average Bonchev–Trinajstić information content (AvgIpc) is 3.20. The summed E-state index contributed by atoms with van der Waals surface area (Å²) >= 11 is 1.50. The Bertz CT molecular complexity index is 1320. The molecule has 1 heterocycles. The largest absolute Gasteiger partial charge is 0.516 e. The van der Waals surface area contributed by atoms with Crippen molar-refractivity contribution in [1.82, 2.24) is 4.98 Å². The van der Waals surface area contributed by atoms with Crippen molar-refractivity contribution < 1.29 is 26.3 Å². The molecule has 31 heavy (non-hydrogen) atoms. The molecule has 0 amide bonds. The summed E-state index contributed by atoms with van der Waals surface area (Å²) in [5.74, 6) is 0.511. The van der Waals surface area contributed by atoms with Crippen molar-refractivity contribution in [3.05, 3.63) is 77.8 Å². The summed E-state index contributed by atoms with van der Waals surface area (Å²) in [6, 6.07) is 18.9. The summed E-state index contributed by atoms with van der Waals surface area (Å²) in [6.45, 7) is 0.213. The average molecular weight is 464 g/mol. The Labute approximate surface area is 180 Å². The molecule has 0 aliphatic rings. The first-order valence-electron chi connectivity index (χ1n) is 8.97. The smallest absolute Gasteiger partial charge is 0.487 e. The van der Waals surface area contributed by atoms with E-state index in [1.165, 1.54) is 29.5 Å². The summed E-state index contributed by atoms with van der Waals surface area (Å²) in [6.07, 6.45) is 0. The molecule has 0 atom stereocenters. The lowest BCUT2D eigenvalue weighted by Gasteiger charge is -2.12. The maximum atomic E-state index is 12.6. The van der Waals surface area contributed by atoms with Gasteiger partial charge in [0.15, 0.2) is 0 Å². The maximum Gasteiger partial charge on any atom is 0.516 e. The van der Waals surface area contributed by atoms with Gasteiger partial charge >= 0.3 is 15.5 Å². The first-order valence-corrected chi connectivity index (χ1v) is 11.3. The molecule has 0 spiro atoms. The van der Waals surface area contributed by atoms with E-state index in [4.69, 9.17) is 4.74 Å². The van der Waals surface area contributed by atoms with Crippen LogP contribution in [0, 0.1) is 0 Å². The zero-order valence-electron chi connectivity index (χ0n) is 15.8. The highest BCUT2D eigenvalue weighted by atomic mass is 32.2. The van der Waals surface area contributed by atoms with Gasteiger partial charge in [-0.3, -0.25) is 4.72 Å². The summed E-state index contributed by atoms with van der Waals surface area (Å²) in [4.78, 5) is 4.56. The molecule has 5 nitrogen and oxygen atoms in total. The second-order valence-corrected chi connectivity index (χ2v) is 9.07. The van der Waals surface area contributed by atoms with Crippen LogP contribution in [0.1, 0.15) is 5.69 Å². The Morgan fingerprint density at radius 3 is 2.52 bits per heavy atom. The maximum absolute atomic E-state index is 12.6. The summed E-state index contributed by atoms with van der Waals surface area (Å²) in [5.41, 5.74) is -3.82. The van der Waals surface area contributed by atoms with E-state index < -0.39 is 15.5 Å². The number of nitrogens with one attached hydrogen (secondary N) is 1. The standard InChI is InChI=1S/C21H15F3N2O3S2/c22-21(23,24)31(27,28)26-16-9-10-18-15(11-16)7-4-8-19(18)29-12-17-13-30-20(25-17)14-5-2-1-3-6-14/h1-11,13,26H,12H2. The van der Waals surface area contributed by atoms with Crippen LogP contribution in [0.25, 0.3) is 21.3 Å². The molecule has 0 aliphatic heterocycles. The van der Waals surface area contributed by atoms with Crippen molar-refractivity contribution >= 4 is 37.8 Å². The van der Waals surface area contributed by atoms with E-state index in [0.717, 1.165) is 16.3 Å². The molecule has 10 heteroatoms. The Hall–Kier alpha value is -3.11. The quantitative estimate of drug-likeness (QED) is 0.391. The van der Waals surface area contributed by atoms with Gasteiger partial charge < -0.3 is 4.74 Å². The first-order chi connectivity index (χ1) is 14.7. The van der Waals surface area contributed by atoms with Crippen LogP contribution in [-0.2, 0) is 16.6 Å². The second-order valence-electron chi connectivity index (χ2n) is 6.54. The predicted octanol–water partition coefficient (Wildman–Crippen LogP) is 5.80. The van der Waals surface area contributed by atoms with Crippen LogP contribution in [0.5, 0.6) is 5.75 Å². The fourth-order valence-corrected chi connectivity index (χ4v) is 4.26. The molecule has 0 unspecified atom stereocenters. The number of ether oxygens (including phenoxy) is 1. The zero-order valence-corrected chi connectivity index (χ0v) is 17.4. The van der Waals surface area contributed by atoms with Gasteiger partial charge in [-0.05, 0) is 29.7 Å². The summed E-state index contributed by atoms with van der Waals surface area (Å²) < 4.78 is 67.8. The van der Waals surface area contributed by atoms with Gasteiger partial charge in [-0.1, -0.05) is 42.5 Å². The number of fused-ring (bicyclic) bond motifs is 1. The molecular weight excluding hydrogens is 449 g/mol. The molecule has 0 saturated heterocycles. The van der Waals surface area contributed by atoms with Gasteiger partial charge in [0.05, 0.1) is 5.69 Å². The van der Waals surface area contributed by atoms with E-state index in [0.29, 0.717) is 16.5 Å². The number of sulfonamides is 1. The fourth-order valence-electron chi connectivity index (χ4n) is 2.89. The third-order valence-electron chi connectivity index (χ3n) is 4.35. The highest BCUT2D eigenvalue weighted by Gasteiger charge is 2.46. The zero-order chi connectivity index (χ0) is 22.1. The molecular formula is C21H15F3N2O3S2. The molecule has 4 rings (SSSR count). The highest BCUT2D eigenvalue weighted by Crippen LogP contribution is 2.31. The number of halogens is 3. The first kappa shape index (κ1) is 21.1. The van der Waals surface area contributed by atoms with Gasteiger partial charge in [0.2, 0.25) is 0 Å². The Balaban J connectivity index is 1.52. The van der Waals surface area contributed by atoms with Crippen molar-refractivity contribution in [2.75, 3.05) is 4.72 Å². The molecule has 4 aromatic rings. The van der Waals surface area contributed by atoms with Gasteiger partial charge in [0.25, 0.3) is 0 Å². The van der Waals surface area contributed by atoms with Gasteiger partial charge in [-0.15, -0.1) is 11.3 Å². The van der Waals surface area contributed by atoms with E-state index in [-0.39, 0.29) is 12.3 Å².